The van der Waals surface area contributed by atoms with Crippen LogP contribution in [-0.4, -0.2) is 11.1 Å². The van der Waals surface area contributed by atoms with Crippen LogP contribution < -0.4 is 5.73 Å². The van der Waals surface area contributed by atoms with Crippen molar-refractivity contribution < 1.29 is 9.90 Å². The third-order valence-electron chi connectivity index (χ3n) is 2.96. The number of anilines is 1. The zero-order chi connectivity index (χ0) is 14.2. The summed E-state index contributed by atoms with van der Waals surface area (Å²) in [5, 5.41) is 9.09. The maximum atomic E-state index is 11.1. The first-order valence-electron chi connectivity index (χ1n) is 6.03. The van der Waals surface area contributed by atoms with Gasteiger partial charge in [-0.3, -0.25) is 0 Å². The molecular weight excluding hydrogens is 258 g/mol. The highest BCUT2D eigenvalue weighted by atomic mass is 32.1. The summed E-state index contributed by atoms with van der Waals surface area (Å²) >= 11 is 1.23. The summed E-state index contributed by atoms with van der Waals surface area (Å²) < 4.78 is 0. The molecule has 0 amide bonds. The molecule has 0 bridgehead atoms. The fourth-order valence-corrected chi connectivity index (χ4v) is 3.01. The molecule has 3 N–H and O–H groups in total. The van der Waals surface area contributed by atoms with Gasteiger partial charge in [0.25, 0.3) is 0 Å². The van der Waals surface area contributed by atoms with Crippen LogP contribution in [0.4, 0.5) is 5.69 Å². The predicted octanol–water partition coefficient (Wildman–Crippen LogP) is 3.99. The Kier molecular flexibility index (Phi) is 3.37. The molecule has 0 aliphatic rings. The van der Waals surface area contributed by atoms with Gasteiger partial charge in [0.15, 0.2) is 0 Å². The molecule has 0 spiro atoms. The molecule has 0 atom stereocenters. The fraction of sp³-hybridized carbons (Fsp3) is 0.267. The standard InChI is InChI=1S/C15H17NO2S/c1-15(2,3)10-7-5-4-6-9(10)12-8-11(16)13(19-12)14(17)18/h4-8H,16H2,1-3H3,(H,17,18). The minimum Gasteiger partial charge on any atom is -0.477 e. The van der Waals surface area contributed by atoms with Crippen LogP contribution in [0.3, 0.4) is 0 Å². The molecular formula is C15H17NO2S. The lowest BCUT2D eigenvalue weighted by Gasteiger charge is -2.22. The summed E-state index contributed by atoms with van der Waals surface area (Å²) in [7, 11) is 0. The van der Waals surface area contributed by atoms with Gasteiger partial charge in [-0.05, 0) is 22.6 Å². The Morgan fingerprint density at radius 2 is 1.89 bits per heavy atom. The number of nitrogens with two attached hydrogens (primary N) is 1. The highest BCUT2D eigenvalue weighted by Crippen LogP contribution is 2.38. The Labute approximate surface area is 116 Å². The lowest BCUT2D eigenvalue weighted by molar-refractivity contribution is 0.0703. The van der Waals surface area contributed by atoms with Gasteiger partial charge >= 0.3 is 5.97 Å². The van der Waals surface area contributed by atoms with Crippen molar-refractivity contribution in [3.8, 4) is 10.4 Å². The lowest BCUT2D eigenvalue weighted by atomic mass is 9.83. The van der Waals surface area contributed by atoms with E-state index in [4.69, 9.17) is 10.8 Å². The van der Waals surface area contributed by atoms with Gasteiger partial charge in [-0.25, -0.2) is 4.79 Å². The third-order valence-corrected chi connectivity index (χ3v) is 4.13. The topological polar surface area (TPSA) is 63.3 Å². The maximum absolute atomic E-state index is 11.1. The van der Waals surface area contributed by atoms with Crippen LogP contribution in [0, 0.1) is 0 Å². The monoisotopic (exact) mass is 275 g/mol. The molecule has 0 aliphatic heterocycles. The first-order valence-corrected chi connectivity index (χ1v) is 6.85. The van der Waals surface area contributed by atoms with E-state index in [1.807, 2.05) is 18.2 Å². The molecule has 1 aromatic heterocycles. The number of aromatic carboxylic acids is 1. The highest BCUT2D eigenvalue weighted by Gasteiger charge is 2.21. The van der Waals surface area contributed by atoms with Crippen LogP contribution >= 0.6 is 11.3 Å². The average Bonchev–Trinajstić information content (AvgIpc) is 2.70. The number of carboxylic acids is 1. The molecule has 0 aliphatic carbocycles. The molecule has 1 aromatic carbocycles. The summed E-state index contributed by atoms with van der Waals surface area (Å²) in [6, 6.07) is 9.79. The number of carbonyl (C=O) groups is 1. The molecule has 3 nitrogen and oxygen atoms in total. The molecule has 100 valence electrons. The highest BCUT2D eigenvalue weighted by molar-refractivity contribution is 7.18. The minimum absolute atomic E-state index is 0.00126. The number of benzene rings is 1. The number of hydrogen-bond acceptors (Lipinski definition) is 3. The van der Waals surface area contributed by atoms with Gasteiger partial charge in [0, 0.05) is 4.88 Å². The zero-order valence-electron chi connectivity index (χ0n) is 11.2. The van der Waals surface area contributed by atoms with Gasteiger partial charge < -0.3 is 10.8 Å². The first kappa shape index (κ1) is 13.6. The molecule has 2 rings (SSSR count). The fourth-order valence-electron chi connectivity index (χ4n) is 2.06. The van der Waals surface area contributed by atoms with E-state index in [9.17, 15) is 4.79 Å². The first-order chi connectivity index (χ1) is 8.80. The van der Waals surface area contributed by atoms with E-state index in [1.54, 1.807) is 6.07 Å². The second-order valence-corrected chi connectivity index (χ2v) is 6.55. The second-order valence-electron chi connectivity index (χ2n) is 5.50. The molecule has 1 heterocycles. The van der Waals surface area contributed by atoms with Crippen molar-refractivity contribution in [2.24, 2.45) is 0 Å². The predicted molar refractivity (Wildman–Crippen MR) is 79.8 cm³/mol. The Morgan fingerprint density at radius 3 is 2.42 bits per heavy atom. The Hall–Kier alpha value is -1.81. The molecule has 4 heteroatoms. The van der Waals surface area contributed by atoms with Crippen LogP contribution in [-0.2, 0) is 5.41 Å². The zero-order valence-corrected chi connectivity index (χ0v) is 12.0. The Balaban J connectivity index is 2.60. The van der Waals surface area contributed by atoms with Crippen LogP contribution in [0.5, 0.6) is 0 Å². The summed E-state index contributed by atoms with van der Waals surface area (Å²) in [6.07, 6.45) is 0. The van der Waals surface area contributed by atoms with Crippen molar-refractivity contribution in [3.63, 3.8) is 0 Å². The van der Waals surface area contributed by atoms with Gasteiger partial charge in [-0.1, -0.05) is 45.0 Å². The lowest BCUT2D eigenvalue weighted by Crippen LogP contribution is -2.12. The Morgan fingerprint density at radius 1 is 1.26 bits per heavy atom. The Bertz CT molecular complexity index is 623. The van der Waals surface area contributed by atoms with E-state index in [2.05, 4.69) is 26.8 Å². The number of thiophene rings is 1. The van der Waals surface area contributed by atoms with Crippen molar-refractivity contribution in [2.75, 3.05) is 5.73 Å². The van der Waals surface area contributed by atoms with Crippen LogP contribution in [0.25, 0.3) is 10.4 Å². The van der Waals surface area contributed by atoms with Crippen LogP contribution in [0.2, 0.25) is 0 Å². The normalized spacial score (nSPS) is 11.5. The number of rotatable bonds is 2. The summed E-state index contributed by atoms with van der Waals surface area (Å²) in [6.45, 7) is 6.42. The SMILES string of the molecule is CC(C)(C)c1ccccc1-c1cc(N)c(C(=O)O)s1. The average molecular weight is 275 g/mol. The number of hydrogen-bond donors (Lipinski definition) is 2. The van der Waals surface area contributed by atoms with Gasteiger partial charge in [0.1, 0.15) is 4.88 Å². The van der Waals surface area contributed by atoms with E-state index in [0.29, 0.717) is 5.69 Å². The van der Waals surface area contributed by atoms with Crippen molar-refractivity contribution in [1.82, 2.24) is 0 Å². The molecule has 0 saturated heterocycles. The van der Waals surface area contributed by atoms with E-state index < -0.39 is 5.97 Å². The van der Waals surface area contributed by atoms with Gasteiger partial charge in [0.05, 0.1) is 5.69 Å². The van der Waals surface area contributed by atoms with Crippen molar-refractivity contribution >= 4 is 23.0 Å². The minimum atomic E-state index is -0.970. The van der Waals surface area contributed by atoms with Gasteiger partial charge in [-0.2, -0.15) is 0 Å². The van der Waals surface area contributed by atoms with E-state index in [1.165, 1.54) is 16.9 Å². The summed E-state index contributed by atoms with van der Waals surface area (Å²) in [5.74, 6) is -0.970. The summed E-state index contributed by atoms with van der Waals surface area (Å²) in [4.78, 5) is 12.2. The summed E-state index contributed by atoms with van der Waals surface area (Å²) in [5.41, 5.74) is 8.34. The molecule has 19 heavy (non-hydrogen) atoms. The van der Waals surface area contributed by atoms with E-state index in [-0.39, 0.29) is 10.3 Å². The van der Waals surface area contributed by atoms with E-state index >= 15 is 0 Å². The number of carboxylic acid groups (broad SMARTS) is 1. The maximum Gasteiger partial charge on any atom is 0.348 e. The van der Waals surface area contributed by atoms with Crippen molar-refractivity contribution in [2.45, 2.75) is 26.2 Å². The smallest absolute Gasteiger partial charge is 0.348 e. The quantitative estimate of drug-likeness (QED) is 0.871. The number of nitrogen functional groups attached to an aromatic ring is 1. The van der Waals surface area contributed by atoms with Crippen LogP contribution in [0.1, 0.15) is 36.0 Å². The molecule has 0 saturated carbocycles. The largest absolute Gasteiger partial charge is 0.477 e. The van der Waals surface area contributed by atoms with Gasteiger partial charge in [0.2, 0.25) is 0 Å². The second kappa shape index (κ2) is 4.70. The molecule has 0 unspecified atom stereocenters. The van der Waals surface area contributed by atoms with Gasteiger partial charge in [-0.15, -0.1) is 11.3 Å². The molecule has 2 aromatic rings. The van der Waals surface area contributed by atoms with Crippen molar-refractivity contribution in [1.29, 1.82) is 0 Å². The third kappa shape index (κ3) is 2.63. The van der Waals surface area contributed by atoms with Crippen molar-refractivity contribution in [3.05, 3.63) is 40.8 Å². The van der Waals surface area contributed by atoms with E-state index in [0.717, 1.165) is 10.4 Å². The molecule has 0 fully saturated rings. The van der Waals surface area contributed by atoms with Crippen LogP contribution in [0.15, 0.2) is 30.3 Å². The molecule has 0 radical (unpaired) electrons.